The molecule has 0 radical (unpaired) electrons. The van der Waals surface area contributed by atoms with Gasteiger partial charge in [-0.3, -0.25) is 9.59 Å². The van der Waals surface area contributed by atoms with Crippen molar-refractivity contribution in [3.63, 3.8) is 0 Å². The Balaban J connectivity index is 1.68. The van der Waals surface area contributed by atoms with Gasteiger partial charge in [0.05, 0.1) is 5.69 Å². The van der Waals surface area contributed by atoms with Gasteiger partial charge >= 0.3 is 0 Å². The van der Waals surface area contributed by atoms with Crippen LogP contribution in [0.2, 0.25) is 0 Å². The van der Waals surface area contributed by atoms with Gasteiger partial charge in [-0.25, -0.2) is 0 Å². The molecule has 2 aromatic rings. The van der Waals surface area contributed by atoms with Gasteiger partial charge in [-0.15, -0.1) is 0 Å². The molecule has 0 aliphatic carbocycles. The van der Waals surface area contributed by atoms with Crippen LogP contribution in [0.1, 0.15) is 64.8 Å². The Hall–Kier alpha value is -2.63. The van der Waals surface area contributed by atoms with E-state index in [1.54, 1.807) is 31.2 Å². The van der Waals surface area contributed by atoms with Gasteiger partial charge in [-0.2, -0.15) is 0 Å². The molecule has 3 rings (SSSR count). The highest BCUT2D eigenvalue weighted by molar-refractivity contribution is 6.06. The van der Waals surface area contributed by atoms with Gasteiger partial charge in [-0.05, 0) is 50.5 Å². The summed E-state index contributed by atoms with van der Waals surface area (Å²) in [4.78, 5) is 27.0. The molecule has 6 nitrogen and oxygen atoms in total. The lowest BCUT2D eigenvalue weighted by molar-refractivity contribution is 0.0761. The molecule has 6 heteroatoms. The van der Waals surface area contributed by atoms with Gasteiger partial charge in [0.25, 0.3) is 11.8 Å². The van der Waals surface area contributed by atoms with Crippen molar-refractivity contribution >= 4 is 17.5 Å². The SMILES string of the molecule is CCc1noc(C)c1C(=O)Nc1ccc(C(=O)N2CCCCCC2)cc1. The third-order valence-electron chi connectivity index (χ3n) is 4.78. The lowest BCUT2D eigenvalue weighted by Gasteiger charge is -2.20. The summed E-state index contributed by atoms with van der Waals surface area (Å²) in [6.45, 7) is 5.30. The normalized spacial score (nSPS) is 14.8. The van der Waals surface area contributed by atoms with Gasteiger partial charge in [0.15, 0.2) is 0 Å². The number of hydrogen-bond acceptors (Lipinski definition) is 4. The van der Waals surface area contributed by atoms with Crippen LogP contribution in [-0.2, 0) is 6.42 Å². The first kappa shape index (κ1) is 18.2. The summed E-state index contributed by atoms with van der Waals surface area (Å²) in [5.41, 5.74) is 2.43. The molecule has 0 spiro atoms. The van der Waals surface area contributed by atoms with Crippen LogP contribution in [-0.4, -0.2) is 35.0 Å². The number of carbonyl (C=O) groups is 2. The van der Waals surface area contributed by atoms with E-state index in [-0.39, 0.29) is 11.8 Å². The second-order valence-electron chi connectivity index (χ2n) is 6.65. The molecule has 1 N–H and O–H groups in total. The van der Waals surface area contributed by atoms with E-state index in [2.05, 4.69) is 10.5 Å². The van der Waals surface area contributed by atoms with Crippen LogP contribution in [0.3, 0.4) is 0 Å². The van der Waals surface area contributed by atoms with E-state index < -0.39 is 0 Å². The Morgan fingerprint density at radius 1 is 1.12 bits per heavy atom. The average molecular weight is 355 g/mol. The van der Waals surface area contributed by atoms with Crippen LogP contribution in [0.5, 0.6) is 0 Å². The van der Waals surface area contributed by atoms with Gasteiger partial charge in [0, 0.05) is 24.3 Å². The maximum absolute atomic E-state index is 12.6. The number of aryl methyl sites for hydroxylation is 2. The highest BCUT2D eigenvalue weighted by atomic mass is 16.5. The van der Waals surface area contributed by atoms with E-state index >= 15 is 0 Å². The van der Waals surface area contributed by atoms with Crippen molar-refractivity contribution in [1.29, 1.82) is 0 Å². The van der Waals surface area contributed by atoms with Crippen LogP contribution < -0.4 is 5.32 Å². The quantitative estimate of drug-likeness (QED) is 0.905. The monoisotopic (exact) mass is 355 g/mol. The van der Waals surface area contributed by atoms with Crippen LogP contribution >= 0.6 is 0 Å². The lowest BCUT2D eigenvalue weighted by atomic mass is 10.1. The molecule has 26 heavy (non-hydrogen) atoms. The maximum Gasteiger partial charge on any atom is 0.261 e. The molecule has 1 saturated heterocycles. The van der Waals surface area contributed by atoms with Gasteiger partial charge < -0.3 is 14.7 Å². The van der Waals surface area contributed by atoms with Crippen LogP contribution in [0.15, 0.2) is 28.8 Å². The first-order valence-corrected chi connectivity index (χ1v) is 9.26. The zero-order valence-corrected chi connectivity index (χ0v) is 15.4. The molecule has 138 valence electrons. The minimum atomic E-state index is -0.243. The number of hydrogen-bond donors (Lipinski definition) is 1. The predicted molar refractivity (Wildman–Crippen MR) is 99.4 cm³/mol. The summed E-state index contributed by atoms with van der Waals surface area (Å²) < 4.78 is 5.11. The average Bonchev–Trinajstić information content (AvgIpc) is 2.85. The number of nitrogens with zero attached hydrogens (tertiary/aromatic N) is 2. The summed E-state index contributed by atoms with van der Waals surface area (Å²) in [6, 6.07) is 7.06. The number of carbonyl (C=O) groups excluding carboxylic acids is 2. The van der Waals surface area contributed by atoms with Gasteiger partial charge in [0.2, 0.25) is 0 Å². The summed E-state index contributed by atoms with van der Waals surface area (Å²) in [5, 5.41) is 6.76. The highest BCUT2D eigenvalue weighted by Crippen LogP contribution is 2.19. The molecule has 2 amide bonds. The Kier molecular flexibility index (Phi) is 5.71. The minimum Gasteiger partial charge on any atom is -0.361 e. The number of likely N-dealkylation sites (tertiary alicyclic amines) is 1. The first-order valence-electron chi connectivity index (χ1n) is 9.26. The van der Waals surface area contributed by atoms with E-state index in [4.69, 9.17) is 4.52 Å². The number of nitrogens with one attached hydrogen (secondary N) is 1. The fourth-order valence-corrected chi connectivity index (χ4v) is 3.30. The Morgan fingerprint density at radius 2 is 1.77 bits per heavy atom. The topological polar surface area (TPSA) is 75.4 Å². The number of amides is 2. The third kappa shape index (κ3) is 3.95. The molecule has 1 aliphatic rings. The van der Waals surface area contributed by atoms with E-state index in [0.29, 0.717) is 34.7 Å². The van der Waals surface area contributed by atoms with Gasteiger partial charge in [0.1, 0.15) is 11.3 Å². The minimum absolute atomic E-state index is 0.0629. The fraction of sp³-hybridized carbons (Fsp3) is 0.450. The first-order chi connectivity index (χ1) is 12.6. The summed E-state index contributed by atoms with van der Waals surface area (Å²) in [7, 11) is 0. The molecule has 0 atom stereocenters. The number of benzene rings is 1. The lowest BCUT2D eigenvalue weighted by Crippen LogP contribution is -2.31. The number of anilines is 1. The highest BCUT2D eigenvalue weighted by Gasteiger charge is 2.20. The zero-order chi connectivity index (χ0) is 18.5. The van der Waals surface area contributed by atoms with Crippen molar-refractivity contribution in [2.75, 3.05) is 18.4 Å². The number of rotatable bonds is 4. The Bertz CT molecular complexity index is 772. The van der Waals surface area contributed by atoms with Crippen LogP contribution in [0, 0.1) is 6.92 Å². The fourth-order valence-electron chi connectivity index (χ4n) is 3.30. The van der Waals surface area contributed by atoms with Crippen molar-refractivity contribution in [3.05, 3.63) is 46.8 Å². The van der Waals surface area contributed by atoms with E-state index in [1.165, 1.54) is 12.8 Å². The van der Waals surface area contributed by atoms with E-state index in [1.807, 2.05) is 11.8 Å². The molecule has 0 saturated carbocycles. The molecule has 1 aliphatic heterocycles. The van der Waals surface area contributed by atoms with Crippen LogP contribution in [0.4, 0.5) is 5.69 Å². The van der Waals surface area contributed by atoms with Gasteiger partial charge in [-0.1, -0.05) is 24.9 Å². The second-order valence-corrected chi connectivity index (χ2v) is 6.65. The summed E-state index contributed by atoms with van der Waals surface area (Å²) in [6.07, 6.45) is 5.15. The molecule has 1 fully saturated rings. The summed E-state index contributed by atoms with van der Waals surface area (Å²) >= 11 is 0. The largest absolute Gasteiger partial charge is 0.361 e. The van der Waals surface area contributed by atoms with Crippen molar-refractivity contribution in [1.82, 2.24) is 10.1 Å². The van der Waals surface area contributed by atoms with Crippen LogP contribution in [0.25, 0.3) is 0 Å². The molecule has 2 heterocycles. The standard InChI is InChI=1S/C20H25N3O3/c1-3-17-18(14(2)26-22-17)19(24)21-16-10-8-15(9-11-16)20(25)23-12-6-4-5-7-13-23/h8-11H,3-7,12-13H2,1-2H3,(H,21,24). The van der Waals surface area contributed by atoms with Crippen molar-refractivity contribution < 1.29 is 14.1 Å². The molecule has 1 aromatic heterocycles. The van der Waals surface area contributed by atoms with Crippen molar-refractivity contribution in [2.45, 2.75) is 46.0 Å². The Labute approximate surface area is 153 Å². The van der Waals surface area contributed by atoms with Crippen molar-refractivity contribution in [2.24, 2.45) is 0 Å². The zero-order valence-electron chi connectivity index (χ0n) is 15.4. The molecular weight excluding hydrogens is 330 g/mol. The predicted octanol–water partition coefficient (Wildman–Crippen LogP) is 3.81. The van der Waals surface area contributed by atoms with E-state index in [0.717, 1.165) is 25.9 Å². The molecule has 1 aromatic carbocycles. The third-order valence-corrected chi connectivity index (χ3v) is 4.78. The second kappa shape index (κ2) is 8.17. The molecule has 0 bridgehead atoms. The number of aromatic nitrogens is 1. The smallest absolute Gasteiger partial charge is 0.261 e. The summed E-state index contributed by atoms with van der Waals surface area (Å²) in [5.74, 6) is 0.326. The van der Waals surface area contributed by atoms with Crippen molar-refractivity contribution in [3.8, 4) is 0 Å². The molecular formula is C20H25N3O3. The maximum atomic E-state index is 12.6. The van der Waals surface area contributed by atoms with E-state index in [9.17, 15) is 9.59 Å². The Morgan fingerprint density at radius 3 is 2.38 bits per heavy atom. The molecule has 0 unspecified atom stereocenters.